The predicted octanol–water partition coefficient (Wildman–Crippen LogP) is 22.0. The zero-order chi connectivity index (χ0) is 61.1. The molecule has 0 saturated heterocycles. The average molecular weight is 1900 g/mol. The first-order chi connectivity index (χ1) is 42.2. The van der Waals surface area contributed by atoms with E-state index in [-0.39, 0.29) is 80.4 Å². The molecule has 4 aromatic heterocycles. The Labute approximate surface area is 596 Å². The number of nitrogens with zero attached hydrogens (tertiary/aromatic N) is 4. The molecule has 12 rings (SSSR count). The van der Waals surface area contributed by atoms with Gasteiger partial charge < -0.3 is 19.9 Å². The first-order valence-corrected chi connectivity index (χ1v) is 30.4. The van der Waals surface area contributed by atoms with Gasteiger partial charge in [-0.2, -0.15) is 0 Å². The molecule has 0 unspecified atom stereocenters. The van der Waals surface area contributed by atoms with E-state index in [0.717, 1.165) is 51.5 Å². The smallest absolute Gasteiger partial charge is 0.0195 e. The summed E-state index contributed by atoms with van der Waals surface area (Å²) in [5, 5.41) is 0. The minimum Gasteiger partial charge on any atom is -0.305 e. The van der Waals surface area contributed by atoms with Crippen LogP contribution < -0.4 is 0 Å². The number of hydrogen-bond donors (Lipinski definition) is 0. The van der Waals surface area contributed by atoms with Gasteiger partial charge in [-0.25, -0.2) is 0 Å². The Morgan fingerprint density at radius 2 is 0.670 bits per heavy atom. The van der Waals surface area contributed by atoms with Crippen LogP contribution in [-0.2, 0) is 86.8 Å². The van der Waals surface area contributed by atoms with Gasteiger partial charge in [-0.05, 0) is 129 Å². The number of benzene rings is 8. The number of aromatic nitrogens is 4. The topological polar surface area (TPSA) is 51.6 Å². The minimum atomic E-state index is 0. The van der Waals surface area contributed by atoms with Gasteiger partial charge in [0.15, 0.2) is 0 Å². The summed E-state index contributed by atoms with van der Waals surface area (Å²) in [5.41, 5.74) is 25.8. The van der Waals surface area contributed by atoms with E-state index in [1.807, 2.05) is 110 Å². The fourth-order valence-corrected chi connectivity index (χ4v) is 10.3. The van der Waals surface area contributed by atoms with Crippen molar-refractivity contribution in [3.63, 3.8) is 0 Å². The van der Waals surface area contributed by atoms with E-state index in [9.17, 15) is 0 Å². The van der Waals surface area contributed by atoms with Crippen molar-refractivity contribution < 1.29 is 80.4 Å². The molecule has 0 atom stereocenters. The second kappa shape index (κ2) is 37.5. The molecule has 0 amide bonds. The maximum Gasteiger partial charge on any atom is 0.0195 e. The Morgan fingerprint density at radius 3 is 1.05 bits per heavy atom. The monoisotopic (exact) mass is 1900 g/mol. The van der Waals surface area contributed by atoms with Gasteiger partial charge in [-0.3, -0.25) is 0 Å². The normalized spacial score (nSPS) is 10.4. The predicted molar refractivity (Wildman–Crippen MR) is 366 cm³/mol. The van der Waals surface area contributed by atoms with Gasteiger partial charge in [0.05, 0.1) is 0 Å². The third-order valence-corrected chi connectivity index (χ3v) is 15.0. The van der Waals surface area contributed by atoms with Crippen LogP contribution in [0.4, 0.5) is 0 Å². The van der Waals surface area contributed by atoms with Crippen LogP contribution in [0.25, 0.3) is 89.5 Å². The van der Waals surface area contributed by atoms with Crippen LogP contribution in [0.5, 0.6) is 0 Å². The van der Waals surface area contributed by atoms with Gasteiger partial charge in [0.2, 0.25) is 0 Å². The van der Waals surface area contributed by atoms with E-state index in [1.54, 1.807) is 0 Å². The molecule has 0 saturated carbocycles. The summed E-state index contributed by atoms with van der Waals surface area (Å²) in [6.45, 7) is 22.1. The van der Waals surface area contributed by atoms with Crippen LogP contribution in [0.1, 0.15) is 107 Å². The van der Waals surface area contributed by atoms with E-state index in [2.05, 4.69) is 259 Å². The Morgan fingerprint density at radius 1 is 0.297 bits per heavy atom. The van der Waals surface area contributed by atoms with Gasteiger partial charge in [0.1, 0.15) is 0 Å². The number of pyridine rings is 4. The zero-order valence-electron chi connectivity index (χ0n) is 53.4. The van der Waals surface area contributed by atoms with Crippen molar-refractivity contribution >= 4 is 0 Å². The Bertz CT molecular complexity index is 4050. The largest absolute Gasteiger partial charge is 0.305 e. The molecule has 0 aliphatic carbocycles. The number of rotatable bonds is 13. The van der Waals surface area contributed by atoms with Crippen LogP contribution in [0, 0.1) is 44.0 Å². The summed E-state index contributed by atoms with van der Waals surface area (Å²) in [5.74, 6) is 2.22. The van der Waals surface area contributed by atoms with Crippen molar-refractivity contribution in [2.24, 2.45) is 5.92 Å². The summed E-state index contributed by atoms with van der Waals surface area (Å²) in [6, 6.07) is 93.0. The molecule has 0 N–H and O–H groups in total. The maximum atomic E-state index is 4.57. The molecule has 4 heterocycles. The van der Waals surface area contributed by atoms with Crippen LogP contribution in [0.2, 0.25) is 0 Å². The molecule has 0 fully saturated rings. The summed E-state index contributed by atoms with van der Waals surface area (Å²) < 4.78 is 0. The fourth-order valence-electron chi connectivity index (χ4n) is 10.3. The second-order valence-electron chi connectivity index (χ2n) is 23.5. The molecule has 0 spiro atoms. The second-order valence-corrected chi connectivity index (χ2v) is 23.5. The third-order valence-electron chi connectivity index (χ3n) is 15.0. The molecule has 91 heavy (non-hydrogen) atoms. The van der Waals surface area contributed by atoms with Gasteiger partial charge in [-0.15, -0.1) is 142 Å². The van der Waals surface area contributed by atoms with Crippen molar-refractivity contribution in [3.8, 4) is 89.5 Å². The maximum absolute atomic E-state index is 4.57. The summed E-state index contributed by atoms with van der Waals surface area (Å²) in [6.07, 6.45) is 8.53. The SMILES string of the molecule is CC(C)Cc1cccc(-c2cc[c-]c(-c3ccccn3)c2)c1.CC(C)c1cc(-c2cc[c-]c(-c3ccccn3)c2)cc(C(C)C)c1.CC(C)c1ccc(-c2[c-]ccc(-c3ccccc3)c2)nc1.Cc1cc(C)cc(-c2cc[c-]c(-c3ccccn3)c2)c1.[Ir].[Ir].[Ir].[Ir]. The van der Waals surface area contributed by atoms with Gasteiger partial charge in [-0.1, -0.05) is 206 Å². The quantitative estimate of drug-likeness (QED) is 0.108. The van der Waals surface area contributed by atoms with Crippen molar-refractivity contribution in [3.05, 3.63) is 313 Å². The van der Waals surface area contributed by atoms with Crippen molar-refractivity contribution in [1.29, 1.82) is 0 Å². The number of aryl methyl sites for hydroxylation is 2. The van der Waals surface area contributed by atoms with E-state index in [1.165, 1.54) is 77.9 Å². The van der Waals surface area contributed by atoms with E-state index in [0.29, 0.717) is 23.7 Å². The fraction of sp³-hybridized carbons (Fsp3) is 0.181. The molecule has 470 valence electrons. The minimum absolute atomic E-state index is 0. The van der Waals surface area contributed by atoms with E-state index in [4.69, 9.17) is 0 Å². The zero-order valence-corrected chi connectivity index (χ0v) is 63.0. The Hall–Kier alpha value is -7.04. The van der Waals surface area contributed by atoms with E-state index >= 15 is 0 Å². The Kier molecular flexibility index (Phi) is 30.7. The van der Waals surface area contributed by atoms with Crippen molar-refractivity contribution in [2.45, 2.75) is 93.4 Å². The molecule has 4 radical (unpaired) electrons. The Balaban J connectivity index is 0.000000218. The molecule has 0 aliphatic heterocycles. The summed E-state index contributed by atoms with van der Waals surface area (Å²) in [7, 11) is 0. The third kappa shape index (κ3) is 22.1. The molecular weight excluding hydrogens is 1820 g/mol. The first kappa shape index (κ1) is 74.7. The van der Waals surface area contributed by atoms with Crippen LogP contribution >= 0.6 is 0 Å². The van der Waals surface area contributed by atoms with Crippen LogP contribution in [0.3, 0.4) is 0 Å². The summed E-state index contributed by atoms with van der Waals surface area (Å²) in [4.78, 5) is 17.8. The van der Waals surface area contributed by atoms with Gasteiger partial charge >= 0.3 is 0 Å². The average Bonchev–Trinajstić information content (AvgIpc) is 3.68. The van der Waals surface area contributed by atoms with Crippen molar-refractivity contribution in [2.75, 3.05) is 0 Å². The van der Waals surface area contributed by atoms with Crippen LogP contribution in [-0.4, -0.2) is 19.9 Å². The van der Waals surface area contributed by atoms with E-state index < -0.39 is 0 Å². The van der Waals surface area contributed by atoms with Gasteiger partial charge in [0.25, 0.3) is 0 Å². The molecule has 12 aromatic rings. The molecule has 0 bridgehead atoms. The molecule has 4 nitrogen and oxygen atoms in total. The first-order valence-electron chi connectivity index (χ1n) is 30.4. The standard InChI is InChI=1S/C23H24N.C21H20N.C20H18N.C19H16N.4Ir/c1-16(2)20-13-21(17(3)4)15-22(14-20)18-8-7-9-19(12-18)23-10-5-6-11-24-23;1-16(2)13-17-7-5-8-18(14-17)19-9-6-10-20(15-19)21-11-3-4-12-22-21;1-15(2)19-11-12-20(21-14-19)18-10-6-9-17(13-18)16-7-4-3-5-8-16;1-14-10-15(2)12-18(11-14)16-6-5-7-17(13-16)19-8-3-4-9-20-19;;;;/h5-8,10-17H,1-4H3;3-9,11-12,14-16H,13H2,1-2H3;3-9,11-15H,1-2H3;3-6,8-13H,1-2H3;;;;/q4*-1;;;;. The van der Waals surface area contributed by atoms with Gasteiger partial charge in [0, 0.05) is 105 Å². The summed E-state index contributed by atoms with van der Waals surface area (Å²) >= 11 is 0. The molecular formula is C83H78Ir4N4-4. The van der Waals surface area contributed by atoms with Crippen molar-refractivity contribution in [1.82, 2.24) is 19.9 Å². The van der Waals surface area contributed by atoms with Crippen LogP contribution in [0.15, 0.2) is 255 Å². The molecule has 8 heteroatoms. The molecule has 0 aliphatic rings. The molecule has 8 aromatic carbocycles. The number of hydrogen-bond acceptors (Lipinski definition) is 4.